The lowest BCUT2D eigenvalue weighted by Gasteiger charge is -2.09. The van der Waals surface area contributed by atoms with E-state index in [1.165, 1.54) is 18.2 Å². The lowest BCUT2D eigenvalue weighted by molar-refractivity contribution is -0.124. The molecule has 0 heterocycles. The fourth-order valence-corrected chi connectivity index (χ4v) is 2.90. The number of hydrogen-bond donors (Lipinski definition) is 1. The van der Waals surface area contributed by atoms with E-state index in [1.54, 1.807) is 26.2 Å². The van der Waals surface area contributed by atoms with Crippen LogP contribution in [0.2, 0.25) is 0 Å². The first-order valence-electron chi connectivity index (χ1n) is 8.08. The molecule has 0 saturated carbocycles. The molecule has 7 nitrogen and oxygen atoms in total. The van der Waals surface area contributed by atoms with Gasteiger partial charge < -0.3 is 14.8 Å². The van der Waals surface area contributed by atoms with Crippen LogP contribution in [0.4, 0.5) is 0 Å². The molecule has 0 atom stereocenters. The predicted octanol–water partition coefficient (Wildman–Crippen LogP) is 1.88. The molecule has 27 heavy (non-hydrogen) atoms. The number of benzene rings is 2. The Morgan fingerprint density at radius 1 is 1.07 bits per heavy atom. The Bertz CT molecular complexity index is 935. The number of nitrogens with one attached hydrogen (secondary N) is 1. The van der Waals surface area contributed by atoms with Crippen molar-refractivity contribution in [2.45, 2.75) is 18.4 Å². The number of sulfone groups is 1. The highest BCUT2D eigenvalue weighted by Gasteiger charge is 2.16. The van der Waals surface area contributed by atoms with Gasteiger partial charge >= 0.3 is 5.97 Å². The Morgan fingerprint density at radius 2 is 1.74 bits per heavy atom. The summed E-state index contributed by atoms with van der Waals surface area (Å²) in [6.07, 6.45) is 1.05. The van der Waals surface area contributed by atoms with Crippen molar-refractivity contribution in [1.82, 2.24) is 5.32 Å². The van der Waals surface area contributed by atoms with Gasteiger partial charge in [-0.1, -0.05) is 18.2 Å². The molecule has 0 aliphatic carbocycles. The van der Waals surface area contributed by atoms with Gasteiger partial charge in [-0.25, -0.2) is 13.2 Å². The highest BCUT2D eigenvalue weighted by molar-refractivity contribution is 7.90. The third-order valence-electron chi connectivity index (χ3n) is 3.84. The fraction of sp³-hybridized carbons (Fsp3) is 0.263. The maximum atomic E-state index is 12.2. The van der Waals surface area contributed by atoms with Crippen LogP contribution in [-0.2, 0) is 25.9 Å². The molecule has 0 aliphatic heterocycles. The summed E-state index contributed by atoms with van der Waals surface area (Å²) in [5.74, 6) is -0.501. The third-order valence-corrected chi connectivity index (χ3v) is 4.95. The summed E-state index contributed by atoms with van der Waals surface area (Å²) in [5.41, 5.74) is 1.54. The van der Waals surface area contributed by atoms with E-state index in [-0.39, 0.29) is 17.0 Å². The van der Waals surface area contributed by atoms with Gasteiger partial charge in [-0.2, -0.15) is 0 Å². The first-order valence-corrected chi connectivity index (χ1v) is 9.97. The second-order valence-electron chi connectivity index (χ2n) is 5.95. The van der Waals surface area contributed by atoms with E-state index < -0.39 is 28.3 Å². The Balaban J connectivity index is 1.92. The van der Waals surface area contributed by atoms with Crippen molar-refractivity contribution in [2.24, 2.45) is 0 Å². The van der Waals surface area contributed by atoms with Gasteiger partial charge in [-0.15, -0.1) is 0 Å². The molecule has 0 aromatic heterocycles. The number of rotatable bonds is 7. The number of methoxy groups -OCH3 is 1. The minimum atomic E-state index is -3.45. The maximum absolute atomic E-state index is 12.2. The summed E-state index contributed by atoms with van der Waals surface area (Å²) in [6.45, 7) is 1.48. The van der Waals surface area contributed by atoms with E-state index in [0.29, 0.717) is 11.3 Å². The molecule has 0 fully saturated rings. The fourth-order valence-electron chi connectivity index (χ4n) is 2.26. The first kappa shape index (κ1) is 20.4. The van der Waals surface area contributed by atoms with Crippen molar-refractivity contribution in [3.63, 3.8) is 0 Å². The van der Waals surface area contributed by atoms with Crippen molar-refractivity contribution in [3.8, 4) is 5.75 Å². The molecule has 1 amide bonds. The van der Waals surface area contributed by atoms with Crippen molar-refractivity contribution in [3.05, 3.63) is 59.2 Å². The zero-order chi connectivity index (χ0) is 20.0. The number of ether oxygens (including phenoxy) is 2. The van der Waals surface area contributed by atoms with E-state index in [2.05, 4.69) is 5.32 Å². The third kappa shape index (κ3) is 5.82. The molecule has 0 radical (unpaired) electrons. The van der Waals surface area contributed by atoms with Crippen LogP contribution in [0.3, 0.4) is 0 Å². The molecular formula is C19H21NO6S. The Kier molecular flexibility index (Phi) is 6.57. The topological polar surface area (TPSA) is 98.8 Å². The Hall–Kier alpha value is -2.87. The molecular weight excluding hydrogens is 370 g/mol. The van der Waals surface area contributed by atoms with Crippen LogP contribution < -0.4 is 10.1 Å². The quantitative estimate of drug-likeness (QED) is 0.724. The Labute approximate surface area is 158 Å². The molecule has 8 heteroatoms. The summed E-state index contributed by atoms with van der Waals surface area (Å²) in [5, 5.41) is 2.64. The highest BCUT2D eigenvalue weighted by Crippen LogP contribution is 2.16. The van der Waals surface area contributed by atoms with Crippen molar-refractivity contribution < 1.29 is 27.5 Å². The molecule has 2 aromatic carbocycles. The molecule has 0 unspecified atom stereocenters. The number of aryl methyl sites for hydroxylation is 1. The van der Waals surface area contributed by atoms with Crippen LogP contribution in [0, 0.1) is 6.92 Å². The van der Waals surface area contributed by atoms with Gasteiger partial charge in [0.25, 0.3) is 5.91 Å². The molecule has 1 N–H and O–H groups in total. The molecule has 2 rings (SSSR count). The van der Waals surface area contributed by atoms with Gasteiger partial charge in [0.1, 0.15) is 5.75 Å². The lowest BCUT2D eigenvalue weighted by Crippen LogP contribution is -2.28. The number of esters is 1. The molecule has 0 spiro atoms. The zero-order valence-corrected chi connectivity index (χ0v) is 16.1. The molecule has 2 aromatic rings. The summed E-state index contributed by atoms with van der Waals surface area (Å²) < 4.78 is 33.3. The monoisotopic (exact) mass is 391 g/mol. The molecule has 0 saturated heterocycles. The standard InChI is InChI=1S/C19H21NO6S/c1-13-4-9-16(27(3,23)24)10-17(13)19(22)26-12-18(21)20-11-14-5-7-15(25-2)8-6-14/h4-10H,11-12H2,1-3H3,(H,20,21). The zero-order valence-electron chi connectivity index (χ0n) is 15.3. The number of amides is 1. The van der Waals surface area contributed by atoms with Gasteiger partial charge in [-0.05, 0) is 42.3 Å². The number of hydrogen-bond acceptors (Lipinski definition) is 6. The summed E-state index contributed by atoms with van der Waals surface area (Å²) in [4.78, 5) is 24.1. The van der Waals surface area contributed by atoms with E-state index >= 15 is 0 Å². The minimum absolute atomic E-state index is 0.0176. The lowest BCUT2D eigenvalue weighted by atomic mass is 10.1. The van der Waals surface area contributed by atoms with Crippen LogP contribution in [0.5, 0.6) is 5.75 Å². The van der Waals surface area contributed by atoms with Crippen molar-refractivity contribution in [1.29, 1.82) is 0 Å². The van der Waals surface area contributed by atoms with Crippen LogP contribution in [0.1, 0.15) is 21.5 Å². The normalized spacial score (nSPS) is 10.9. The van der Waals surface area contributed by atoms with Crippen LogP contribution in [0.25, 0.3) is 0 Å². The smallest absolute Gasteiger partial charge is 0.338 e. The second kappa shape index (κ2) is 8.68. The van der Waals surface area contributed by atoms with Crippen molar-refractivity contribution in [2.75, 3.05) is 20.0 Å². The van der Waals surface area contributed by atoms with Crippen LogP contribution >= 0.6 is 0 Å². The van der Waals surface area contributed by atoms with E-state index in [0.717, 1.165) is 11.8 Å². The van der Waals surface area contributed by atoms with Gasteiger partial charge in [0.05, 0.1) is 17.6 Å². The highest BCUT2D eigenvalue weighted by atomic mass is 32.2. The average Bonchev–Trinajstić information content (AvgIpc) is 2.64. The summed E-state index contributed by atoms with van der Waals surface area (Å²) in [6, 6.07) is 11.4. The van der Waals surface area contributed by atoms with Gasteiger partial charge in [0.2, 0.25) is 0 Å². The number of carbonyl (C=O) groups excluding carboxylic acids is 2. The van der Waals surface area contributed by atoms with E-state index in [9.17, 15) is 18.0 Å². The molecule has 0 aliphatic rings. The Morgan fingerprint density at radius 3 is 2.33 bits per heavy atom. The van der Waals surface area contributed by atoms with E-state index in [1.807, 2.05) is 12.1 Å². The minimum Gasteiger partial charge on any atom is -0.497 e. The van der Waals surface area contributed by atoms with Gasteiger partial charge in [0, 0.05) is 12.8 Å². The maximum Gasteiger partial charge on any atom is 0.338 e. The van der Waals surface area contributed by atoms with Gasteiger partial charge in [0.15, 0.2) is 16.4 Å². The van der Waals surface area contributed by atoms with Crippen LogP contribution in [-0.4, -0.2) is 40.3 Å². The number of carbonyl (C=O) groups is 2. The van der Waals surface area contributed by atoms with Crippen molar-refractivity contribution >= 4 is 21.7 Å². The summed E-state index contributed by atoms with van der Waals surface area (Å²) >= 11 is 0. The van der Waals surface area contributed by atoms with Gasteiger partial charge in [-0.3, -0.25) is 4.79 Å². The summed E-state index contributed by atoms with van der Waals surface area (Å²) in [7, 11) is -1.88. The molecule has 0 bridgehead atoms. The second-order valence-corrected chi connectivity index (χ2v) is 7.97. The first-order chi connectivity index (χ1) is 12.7. The van der Waals surface area contributed by atoms with E-state index in [4.69, 9.17) is 9.47 Å². The van der Waals surface area contributed by atoms with Crippen LogP contribution in [0.15, 0.2) is 47.4 Å². The largest absolute Gasteiger partial charge is 0.497 e. The molecule has 144 valence electrons. The average molecular weight is 391 g/mol. The predicted molar refractivity (Wildman–Crippen MR) is 99.4 cm³/mol. The SMILES string of the molecule is COc1ccc(CNC(=O)COC(=O)c2cc(S(C)(=O)=O)ccc2C)cc1.